The number of aromatic nitrogens is 2. The summed E-state index contributed by atoms with van der Waals surface area (Å²) in [4.78, 5) is 39.4. The second-order valence-electron chi connectivity index (χ2n) is 6.48. The number of anilines is 1. The number of aryl methyl sites for hydroxylation is 1. The number of rotatable bonds is 3. The van der Waals surface area contributed by atoms with E-state index in [1.807, 2.05) is 24.3 Å². The molecule has 0 saturated carbocycles. The van der Waals surface area contributed by atoms with Crippen LogP contribution in [0.3, 0.4) is 0 Å². The van der Waals surface area contributed by atoms with Crippen LogP contribution in [0.4, 0.5) is 10.5 Å². The highest BCUT2D eigenvalue weighted by Crippen LogP contribution is 2.30. The molecular formula is C19H17BrN4O3. The second-order valence-corrected chi connectivity index (χ2v) is 7.40. The average molecular weight is 429 g/mol. The molecule has 2 heterocycles. The molecule has 2 amide bonds. The maximum absolute atomic E-state index is 12.5. The summed E-state index contributed by atoms with van der Waals surface area (Å²) in [6.45, 7) is 0.257. The lowest BCUT2D eigenvalue weighted by Gasteiger charge is -2.27. The quantitative estimate of drug-likeness (QED) is 0.559. The molecule has 0 bridgehead atoms. The standard InChI is InChI=1S/C19H17BrN4O3/c20-12-8-11-6-7-14(10-21-19(27)22-13-4-2-1-3-5-13)24-16(11)15(9-12)23-17(25)18(24)26/h1-5,8-9,14H,6-7,10H2,(H,23,25)(H2,21,22,27). The van der Waals surface area contributed by atoms with E-state index < -0.39 is 11.1 Å². The van der Waals surface area contributed by atoms with Crippen LogP contribution in [0.1, 0.15) is 18.0 Å². The number of H-pyrrole nitrogens is 1. The van der Waals surface area contributed by atoms with Gasteiger partial charge in [-0.3, -0.25) is 14.2 Å². The Balaban J connectivity index is 1.61. The van der Waals surface area contributed by atoms with Gasteiger partial charge in [-0.1, -0.05) is 34.1 Å². The molecule has 138 valence electrons. The van der Waals surface area contributed by atoms with Crippen LogP contribution >= 0.6 is 15.9 Å². The topological polar surface area (TPSA) is 96.0 Å². The van der Waals surface area contributed by atoms with Gasteiger partial charge in [-0.05, 0) is 42.7 Å². The Morgan fingerprint density at radius 3 is 2.78 bits per heavy atom. The van der Waals surface area contributed by atoms with E-state index in [2.05, 4.69) is 31.5 Å². The Bertz CT molecular complexity index is 1140. The normalized spacial score (nSPS) is 15.5. The number of carbonyl (C=O) groups is 1. The molecule has 0 fully saturated rings. The number of urea groups is 1. The summed E-state index contributed by atoms with van der Waals surface area (Å²) in [6, 6.07) is 12.2. The van der Waals surface area contributed by atoms with Gasteiger partial charge in [-0.15, -0.1) is 0 Å². The van der Waals surface area contributed by atoms with E-state index in [9.17, 15) is 14.4 Å². The number of hydrogen-bond acceptors (Lipinski definition) is 3. The number of hydrogen-bond donors (Lipinski definition) is 3. The van der Waals surface area contributed by atoms with Gasteiger partial charge >= 0.3 is 17.1 Å². The number of nitrogens with zero attached hydrogens (tertiary/aromatic N) is 1. The van der Waals surface area contributed by atoms with Gasteiger partial charge in [0.1, 0.15) is 0 Å². The average Bonchev–Trinajstić information content (AvgIpc) is 2.65. The van der Waals surface area contributed by atoms with Crippen molar-refractivity contribution in [2.75, 3.05) is 11.9 Å². The zero-order valence-electron chi connectivity index (χ0n) is 14.3. The summed E-state index contributed by atoms with van der Waals surface area (Å²) < 4.78 is 2.37. The van der Waals surface area contributed by atoms with Crippen LogP contribution < -0.4 is 21.8 Å². The summed E-state index contributed by atoms with van der Waals surface area (Å²) in [5.74, 6) is 0. The van der Waals surface area contributed by atoms with Crippen LogP contribution in [-0.4, -0.2) is 22.1 Å². The molecule has 8 heteroatoms. The smallest absolute Gasteiger partial charge is 0.319 e. The van der Waals surface area contributed by atoms with Crippen molar-refractivity contribution in [1.82, 2.24) is 14.9 Å². The lowest BCUT2D eigenvalue weighted by Crippen LogP contribution is -2.44. The zero-order valence-corrected chi connectivity index (χ0v) is 15.9. The van der Waals surface area contributed by atoms with Crippen molar-refractivity contribution in [2.24, 2.45) is 0 Å². The van der Waals surface area contributed by atoms with Gasteiger partial charge in [0, 0.05) is 16.7 Å². The molecule has 0 radical (unpaired) electrons. The largest absolute Gasteiger partial charge is 0.336 e. The van der Waals surface area contributed by atoms with Gasteiger partial charge in [0.2, 0.25) is 0 Å². The van der Waals surface area contributed by atoms with Crippen LogP contribution in [0, 0.1) is 0 Å². The zero-order chi connectivity index (χ0) is 19.0. The van der Waals surface area contributed by atoms with Gasteiger partial charge in [0.05, 0.1) is 17.1 Å². The molecule has 0 spiro atoms. The predicted molar refractivity (Wildman–Crippen MR) is 107 cm³/mol. The Morgan fingerprint density at radius 1 is 1.22 bits per heavy atom. The number of nitrogens with one attached hydrogen (secondary N) is 3. The Kier molecular flexibility index (Phi) is 4.57. The third kappa shape index (κ3) is 3.40. The highest BCUT2D eigenvalue weighted by Gasteiger charge is 2.25. The lowest BCUT2D eigenvalue weighted by molar-refractivity contribution is 0.249. The first-order valence-corrected chi connectivity index (χ1v) is 9.39. The molecule has 4 rings (SSSR count). The summed E-state index contributed by atoms with van der Waals surface area (Å²) >= 11 is 3.44. The molecule has 1 aliphatic heterocycles. The van der Waals surface area contributed by atoms with Crippen LogP contribution in [-0.2, 0) is 6.42 Å². The van der Waals surface area contributed by atoms with E-state index in [4.69, 9.17) is 0 Å². The van der Waals surface area contributed by atoms with Crippen molar-refractivity contribution in [2.45, 2.75) is 18.9 Å². The second kappa shape index (κ2) is 7.03. The molecule has 27 heavy (non-hydrogen) atoms. The number of amides is 2. The minimum atomic E-state index is -0.660. The summed E-state index contributed by atoms with van der Waals surface area (Å²) in [5, 5.41) is 5.55. The van der Waals surface area contributed by atoms with Gasteiger partial charge in [0.15, 0.2) is 0 Å². The maximum atomic E-state index is 12.5. The van der Waals surface area contributed by atoms with Gasteiger partial charge in [-0.25, -0.2) is 4.79 Å². The number of benzene rings is 2. The van der Waals surface area contributed by atoms with Crippen molar-refractivity contribution >= 4 is 38.7 Å². The van der Waals surface area contributed by atoms with Gasteiger partial charge < -0.3 is 15.6 Å². The van der Waals surface area contributed by atoms with E-state index >= 15 is 0 Å². The fourth-order valence-electron chi connectivity index (χ4n) is 3.51. The molecule has 0 saturated heterocycles. The molecule has 1 aromatic heterocycles. The van der Waals surface area contributed by atoms with Crippen LogP contribution in [0.15, 0.2) is 56.5 Å². The Labute approximate surface area is 162 Å². The molecule has 1 aliphatic rings. The van der Waals surface area contributed by atoms with Gasteiger partial charge in [-0.2, -0.15) is 0 Å². The third-order valence-corrected chi connectivity index (χ3v) is 5.16. The van der Waals surface area contributed by atoms with Crippen molar-refractivity contribution < 1.29 is 4.79 Å². The third-order valence-electron chi connectivity index (χ3n) is 4.70. The van der Waals surface area contributed by atoms with Crippen LogP contribution in [0.2, 0.25) is 0 Å². The van der Waals surface area contributed by atoms with E-state index in [-0.39, 0.29) is 18.6 Å². The molecule has 3 N–H and O–H groups in total. The van der Waals surface area contributed by atoms with Crippen LogP contribution in [0.25, 0.3) is 11.0 Å². The fourth-order valence-corrected chi connectivity index (χ4v) is 4.02. The van der Waals surface area contributed by atoms with Crippen molar-refractivity contribution in [3.8, 4) is 0 Å². The molecule has 1 unspecified atom stereocenters. The minimum Gasteiger partial charge on any atom is -0.336 e. The van der Waals surface area contributed by atoms with Gasteiger partial charge in [0.25, 0.3) is 0 Å². The first kappa shape index (κ1) is 17.5. The van der Waals surface area contributed by atoms with E-state index in [1.54, 1.807) is 18.2 Å². The fraction of sp³-hybridized carbons (Fsp3) is 0.211. The first-order chi connectivity index (χ1) is 13.0. The molecule has 2 aromatic carbocycles. The molecule has 7 nitrogen and oxygen atoms in total. The maximum Gasteiger partial charge on any atom is 0.319 e. The summed E-state index contributed by atoms with van der Waals surface area (Å²) in [6.07, 6.45) is 1.42. The first-order valence-electron chi connectivity index (χ1n) is 8.60. The SMILES string of the molecule is O=C(NCC1CCc2cc(Br)cc3[nH]c(=O)c(=O)n1c23)Nc1ccccc1. The van der Waals surface area contributed by atoms with Crippen molar-refractivity contribution in [3.05, 3.63) is 73.2 Å². The highest BCUT2D eigenvalue weighted by molar-refractivity contribution is 9.10. The predicted octanol–water partition coefficient (Wildman–Crippen LogP) is 2.76. The summed E-state index contributed by atoms with van der Waals surface area (Å²) in [5.41, 5.74) is 1.77. The monoisotopic (exact) mass is 428 g/mol. The van der Waals surface area contributed by atoms with Crippen molar-refractivity contribution in [3.63, 3.8) is 0 Å². The molecule has 1 atom stereocenters. The number of aromatic amines is 1. The number of carbonyl (C=O) groups excluding carboxylic acids is 1. The summed E-state index contributed by atoms with van der Waals surface area (Å²) in [7, 11) is 0. The molecular weight excluding hydrogens is 412 g/mol. The lowest BCUT2D eigenvalue weighted by atomic mass is 9.98. The Hall–Kier alpha value is -2.87. The van der Waals surface area contributed by atoms with E-state index in [0.717, 1.165) is 22.0 Å². The van der Waals surface area contributed by atoms with Crippen molar-refractivity contribution in [1.29, 1.82) is 0 Å². The van der Waals surface area contributed by atoms with E-state index in [1.165, 1.54) is 4.57 Å². The van der Waals surface area contributed by atoms with Crippen LogP contribution in [0.5, 0.6) is 0 Å². The minimum absolute atomic E-state index is 0.257. The molecule has 3 aromatic rings. The van der Waals surface area contributed by atoms with E-state index in [0.29, 0.717) is 17.6 Å². The number of halogens is 1. The Morgan fingerprint density at radius 2 is 2.00 bits per heavy atom. The number of para-hydroxylation sites is 1. The highest BCUT2D eigenvalue weighted by atomic mass is 79.9. The molecule has 0 aliphatic carbocycles.